The van der Waals surface area contributed by atoms with E-state index in [2.05, 4.69) is 33.1 Å². The van der Waals surface area contributed by atoms with Gasteiger partial charge in [0.25, 0.3) is 0 Å². The molecule has 3 aromatic rings. The van der Waals surface area contributed by atoms with Crippen LogP contribution in [0.4, 0.5) is 5.69 Å². The minimum absolute atomic E-state index is 0.409. The fraction of sp³-hybridized carbons (Fsp3) is 0.150. The van der Waals surface area contributed by atoms with Crippen molar-refractivity contribution in [2.45, 2.75) is 13.5 Å². The number of rotatable bonds is 7. The Balaban J connectivity index is 1.48. The van der Waals surface area contributed by atoms with E-state index in [4.69, 9.17) is 17.0 Å². The maximum absolute atomic E-state index is 5.41. The summed E-state index contributed by atoms with van der Waals surface area (Å²) in [6.45, 7) is 3.32. The van der Waals surface area contributed by atoms with Gasteiger partial charge in [-0.05, 0) is 49.0 Å². The summed E-state index contributed by atoms with van der Waals surface area (Å²) in [6.07, 6.45) is 5.37. The normalized spacial score (nSPS) is 10.7. The van der Waals surface area contributed by atoms with Crippen molar-refractivity contribution in [1.29, 1.82) is 0 Å². The molecule has 7 heteroatoms. The first-order chi connectivity index (χ1) is 13.2. The molecule has 0 aliphatic rings. The Morgan fingerprint density at radius 3 is 2.70 bits per heavy atom. The molecule has 0 atom stereocenters. The quantitative estimate of drug-likeness (QED) is 0.373. The Bertz CT molecular complexity index is 890. The van der Waals surface area contributed by atoms with E-state index in [-0.39, 0.29) is 0 Å². The summed E-state index contributed by atoms with van der Waals surface area (Å²) in [5.41, 5.74) is 5.75. The number of nitrogens with one attached hydrogen (secondary N) is 2. The summed E-state index contributed by atoms with van der Waals surface area (Å²) in [6, 6.07) is 17.8. The van der Waals surface area contributed by atoms with Crippen molar-refractivity contribution in [3.05, 3.63) is 78.1 Å². The van der Waals surface area contributed by atoms with Crippen LogP contribution in [0.1, 0.15) is 18.1 Å². The van der Waals surface area contributed by atoms with Gasteiger partial charge in [-0.2, -0.15) is 10.2 Å². The number of anilines is 1. The van der Waals surface area contributed by atoms with Crippen LogP contribution in [0.3, 0.4) is 0 Å². The molecular formula is C20H21N5OS. The molecule has 0 saturated heterocycles. The van der Waals surface area contributed by atoms with Crippen molar-refractivity contribution >= 4 is 29.2 Å². The molecule has 0 aliphatic carbocycles. The Morgan fingerprint density at radius 1 is 1.19 bits per heavy atom. The number of hydrogen-bond donors (Lipinski definition) is 2. The fourth-order valence-electron chi connectivity index (χ4n) is 2.43. The van der Waals surface area contributed by atoms with Crippen LogP contribution < -0.4 is 15.5 Å². The van der Waals surface area contributed by atoms with Crippen molar-refractivity contribution in [2.75, 3.05) is 11.9 Å². The number of hydrazone groups is 1. The standard InChI is InChI=1S/C20H21N5OS/c1-2-26-19-10-8-18(9-11-19)23-20(27)24-21-12-17-13-22-25(15-17)14-16-6-4-3-5-7-16/h3-13,15H,2,14H2,1H3,(H2,23,24,27)/b21-12-. The SMILES string of the molecule is CCOc1ccc(NC(=S)N/N=C\c2cnn(Cc3ccccc3)c2)cc1. The molecule has 0 aliphatic heterocycles. The zero-order chi connectivity index (χ0) is 18.9. The zero-order valence-electron chi connectivity index (χ0n) is 15.0. The summed E-state index contributed by atoms with van der Waals surface area (Å²) in [5, 5.41) is 12.0. The highest BCUT2D eigenvalue weighted by atomic mass is 32.1. The van der Waals surface area contributed by atoms with Crippen molar-refractivity contribution in [3.8, 4) is 5.75 Å². The molecule has 6 nitrogen and oxygen atoms in total. The molecule has 0 spiro atoms. The van der Waals surface area contributed by atoms with Gasteiger partial charge in [-0.3, -0.25) is 10.1 Å². The van der Waals surface area contributed by atoms with E-state index in [1.807, 2.05) is 60.3 Å². The molecule has 0 bridgehead atoms. The molecule has 0 unspecified atom stereocenters. The van der Waals surface area contributed by atoms with E-state index < -0.39 is 0 Å². The number of nitrogens with zero attached hydrogens (tertiary/aromatic N) is 3. The number of thiocarbonyl (C=S) groups is 1. The van der Waals surface area contributed by atoms with Crippen LogP contribution in [0.15, 0.2) is 72.1 Å². The largest absolute Gasteiger partial charge is 0.494 e. The molecule has 0 fully saturated rings. The molecular weight excluding hydrogens is 358 g/mol. The monoisotopic (exact) mass is 379 g/mol. The second kappa shape index (κ2) is 9.49. The van der Waals surface area contributed by atoms with Crippen molar-refractivity contribution in [1.82, 2.24) is 15.2 Å². The van der Waals surface area contributed by atoms with Crippen molar-refractivity contribution < 1.29 is 4.74 Å². The van der Waals surface area contributed by atoms with Gasteiger partial charge in [0.05, 0.1) is 25.6 Å². The first-order valence-corrected chi connectivity index (χ1v) is 9.03. The highest BCUT2D eigenvalue weighted by Crippen LogP contribution is 2.15. The highest BCUT2D eigenvalue weighted by Gasteiger charge is 1.99. The number of aromatic nitrogens is 2. The van der Waals surface area contributed by atoms with Gasteiger partial charge >= 0.3 is 0 Å². The molecule has 138 valence electrons. The molecule has 2 N–H and O–H groups in total. The van der Waals surface area contributed by atoms with Crippen LogP contribution in [-0.2, 0) is 6.54 Å². The first kappa shape index (κ1) is 18.6. The summed E-state index contributed by atoms with van der Waals surface area (Å²) >= 11 is 5.24. The third kappa shape index (κ3) is 5.93. The third-order valence-corrected chi connectivity index (χ3v) is 3.84. The second-order valence-electron chi connectivity index (χ2n) is 5.74. The average molecular weight is 379 g/mol. The van der Waals surface area contributed by atoms with E-state index >= 15 is 0 Å². The van der Waals surface area contributed by atoms with Crippen molar-refractivity contribution in [2.24, 2.45) is 5.10 Å². The highest BCUT2D eigenvalue weighted by molar-refractivity contribution is 7.80. The summed E-state index contributed by atoms with van der Waals surface area (Å²) in [5.74, 6) is 0.826. The molecule has 1 aromatic heterocycles. The van der Waals surface area contributed by atoms with E-state index in [1.165, 1.54) is 5.56 Å². The van der Waals surface area contributed by atoms with E-state index in [1.54, 1.807) is 12.4 Å². The van der Waals surface area contributed by atoms with E-state index in [9.17, 15) is 0 Å². The Morgan fingerprint density at radius 2 is 1.96 bits per heavy atom. The maximum Gasteiger partial charge on any atom is 0.191 e. The fourth-order valence-corrected chi connectivity index (χ4v) is 2.60. The molecule has 1 heterocycles. The Hall–Kier alpha value is -3.19. The van der Waals surface area contributed by atoms with Gasteiger partial charge in [0.15, 0.2) is 5.11 Å². The van der Waals surface area contributed by atoms with Crippen LogP contribution in [0.25, 0.3) is 0 Å². The number of hydrogen-bond acceptors (Lipinski definition) is 4. The smallest absolute Gasteiger partial charge is 0.191 e. The van der Waals surface area contributed by atoms with Crippen LogP contribution in [0.5, 0.6) is 5.75 Å². The van der Waals surface area contributed by atoms with Crippen molar-refractivity contribution in [3.63, 3.8) is 0 Å². The summed E-state index contributed by atoms with van der Waals surface area (Å²) in [4.78, 5) is 0. The average Bonchev–Trinajstić information content (AvgIpc) is 3.11. The maximum atomic E-state index is 5.41. The van der Waals surface area contributed by atoms with Crippen LogP contribution in [0, 0.1) is 0 Å². The topological polar surface area (TPSA) is 63.5 Å². The molecule has 0 saturated carbocycles. The number of ether oxygens (including phenoxy) is 1. The molecule has 3 rings (SSSR count). The zero-order valence-corrected chi connectivity index (χ0v) is 15.8. The van der Waals surface area contributed by atoms with Gasteiger partial charge in [0.2, 0.25) is 0 Å². The lowest BCUT2D eigenvalue weighted by molar-refractivity contribution is 0.340. The molecule has 2 aromatic carbocycles. The van der Waals surface area contributed by atoms with Gasteiger partial charge in [0, 0.05) is 17.4 Å². The lowest BCUT2D eigenvalue weighted by Gasteiger charge is -2.08. The van der Waals surface area contributed by atoms with E-state index in [0.29, 0.717) is 11.7 Å². The minimum Gasteiger partial charge on any atom is -0.494 e. The van der Waals surface area contributed by atoms with Gasteiger partial charge < -0.3 is 10.1 Å². The van der Waals surface area contributed by atoms with Crippen LogP contribution >= 0.6 is 12.2 Å². The lowest BCUT2D eigenvalue weighted by Crippen LogP contribution is -2.23. The third-order valence-electron chi connectivity index (χ3n) is 3.64. The van der Waals surface area contributed by atoms with Gasteiger partial charge in [-0.1, -0.05) is 30.3 Å². The molecule has 0 radical (unpaired) electrons. The van der Waals surface area contributed by atoms with Gasteiger partial charge in [0.1, 0.15) is 5.75 Å². The summed E-state index contributed by atoms with van der Waals surface area (Å²) in [7, 11) is 0. The Labute approximate surface area is 163 Å². The first-order valence-electron chi connectivity index (χ1n) is 8.62. The van der Waals surface area contributed by atoms with Crippen LogP contribution in [0.2, 0.25) is 0 Å². The summed E-state index contributed by atoms with van der Waals surface area (Å²) < 4.78 is 7.28. The van der Waals surface area contributed by atoms with Gasteiger partial charge in [-0.25, -0.2) is 0 Å². The molecule has 0 amide bonds. The predicted octanol–water partition coefficient (Wildman–Crippen LogP) is 3.65. The lowest BCUT2D eigenvalue weighted by atomic mass is 10.2. The van der Waals surface area contributed by atoms with E-state index in [0.717, 1.165) is 23.5 Å². The second-order valence-corrected chi connectivity index (χ2v) is 6.15. The van der Waals surface area contributed by atoms with Crippen LogP contribution in [-0.4, -0.2) is 27.7 Å². The minimum atomic E-state index is 0.409. The predicted molar refractivity (Wildman–Crippen MR) is 112 cm³/mol. The van der Waals surface area contributed by atoms with Gasteiger partial charge in [-0.15, -0.1) is 0 Å². The molecule has 27 heavy (non-hydrogen) atoms. The number of benzene rings is 2. The Kier molecular flexibility index (Phi) is 6.54.